The van der Waals surface area contributed by atoms with Crippen LogP contribution in [0.5, 0.6) is 0 Å². The first kappa shape index (κ1) is 17.6. The molecule has 0 aliphatic carbocycles. The number of rotatable bonds is 7. The Hall–Kier alpha value is -1.42. The molecule has 0 aliphatic rings. The van der Waals surface area contributed by atoms with E-state index in [9.17, 15) is 12.8 Å². The van der Waals surface area contributed by atoms with Crippen molar-refractivity contribution in [1.82, 2.24) is 9.62 Å². The van der Waals surface area contributed by atoms with Crippen LogP contribution in [-0.2, 0) is 16.6 Å². The van der Waals surface area contributed by atoms with Crippen LogP contribution < -0.4 is 5.32 Å². The molecule has 0 amide bonds. The summed E-state index contributed by atoms with van der Waals surface area (Å²) in [5.41, 5.74) is 0.709. The van der Waals surface area contributed by atoms with Crippen molar-refractivity contribution in [2.24, 2.45) is 0 Å². The molecule has 0 aliphatic heterocycles. The van der Waals surface area contributed by atoms with Crippen molar-refractivity contribution < 1.29 is 12.8 Å². The Morgan fingerprint density at radius 3 is 2.57 bits per heavy atom. The zero-order chi connectivity index (χ0) is 16.0. The van der Waals surface area contributed by atoms with Gasteiger partial charge in [-0.1, -0.05) is 19.8 Å². The number of terminal acetylenes is 1. The lowest BCUT2D eigenvalue weighted by Crippen LogP contribution is -2.32. The Bertz CT molecular complexity index is 636. The molecule has 0 aromatic heterocycles. The number of hydrogen-bond donors (Lipinski definition) is 1. The van der Waals surface area contributed by atoms with E-state index in [2.05, 4.69) is 11.2 Å². The monoisotopic (exact) mass is 312 g/mol. The first-order chi connectivity index (χ1) is 9.88. The number of nitrogens with one attached hydrogen (secondary N) is 1. The van der Waals surface area contributed by atoms with Crippen LogP contribution in [0.2, 0.25) is 0 Å². The molecule has 0 heterocycles. The molecule has 0 bridgehead atoms. The maximum Gasteiger partial charge on any atom is 0.244 e. The fourth-order valence-electron chi connectivity index (χ4n) is 1.95. The average Bonchev–Trinajstić information content (AvgIpc) is 2.45. The van der Waals surface area contributed by atoms with Crippen molar-refractivity contribution in [1.29, 1.82) is 0 Å². The van der Waals surface area contributed by atoms with Gasteiger partial charge in [-0.3, -0.25) is 0 Å². The van der Waals surface area contributed by atoms with Gasteiger partial charge in [0, 0.05) is 18.7 Å². The zero-order valence-corrected chi connectivity index (χ0v) is 13.4. The summed E-state index contributed by atoms with van der Waals surface area (Å²) in [5, 5.41) is 3.05. The summed E-state index contributed by atoms with van der Waals surface area (Å²) >= 11 is 0. The molecule has 116 valence electrons. The second-order valence-electron chi connectivity index (χ2n) is 4.62. The van der Waals surface area contributed by atoms with Gasteiger partial charge < -0.3 is 5.32 Å². The van der Waals surface area contributed by atoms with Gasteiger partial charge in [0.15, 0.2) is 0 Å². The molecule has 4 nitrogen and oxygen atoms in total. The lowest BCUT2D eigenvalue weighted by Gasteiger charge is -2.20. The molecule has 0 unspecified atom stereocenters. The maximum atomic E-state index is 14.0. The molecule has 21 heavy (non-hydrogen) atoms. The minimum Gasteiger partial charge on any atom is -0.313 e. The summed E-state index contributed by atoms with van der Waals surface area (Å²) in [4.78, 5) is -0.0208. The van der Waals surface area contributed by atoms with E-state index in [-0.39, 0.29) is 23.5 Å². The van der Waals surface area contributed by atoms with Gasteiger partial charge in [0.1, 0.15) is 5.82 Å². The highest BCUT2D eigenvalue weighted by atomic mass is 32.2. The van der Waals surface area contributed by atoms with E-state index in [1.165, 1.54) is 19.1 Å². The standard InChI is InChI=1S/C15H21FN2O2S/c1-5-8-18(7-3)21(19,20)15-10-13(11-17-6-2)9-14(16)12(15)4/h1,9-10,17H,6-8,11H2,2-4H3. The molecule has 0 saturated heterocycles. The van der Waals surface area contributed by atoms with Crippen LogP contribution in [0.25, 0.3) is 0 Å². The van der Waals surface area contributed by atoms with Gasteiger partial charge in [-0.25, -0.2) is 12.8 Å². The molecule has 1 N–H and O–H groups in total. The second-order valence-corrected chi connectivity index (χ2v) is 6.52. The van der Waals surface area contributed by atoms with Crippen LogP contribution in [-0.4, -0.2) is 32.4 Å². The quantitative estimate of drug-likeness (QED) is 0.782. The van der Waals surface area contributed by atoms with E-state index in [0.717, 1.165) is 10.8 Å². The summed E-state index contributed by atoms with van der Waals surface area (Å²) in [6.45, 7) is 6.43. The van der Waals surface area contributed by atoms with E-state index in [0.29, 0.717) is 12.1 Å². The maximum absolute atomic E-state index is 14.0. The van der Waals surface area contributed by atoms with Crippen LogP contribution in [0, 0.1) is 25.1 Å². The van der Waals surface area contributed by atoms with Gasteiger partial charge in [-0.05, 0) is 31.2 Å². The summed E-state index contributed by atoms with van der Waals surface area (Å²) in [6.07, 6.45) is 5.20. The third-order valence-electron chi connectivity index (χ3n) is 3.17. The van der Waals surface area contributed by atoms with Crippen LogP contribution >= 0.6 is 0 Å². The van der Waals surface area contributed by atoms with Crippen molar-refractivity contribution in [3.05, 3.63) is 29.1 Å². The first-order valence-corrected chi connectivity index (χ1v) is 8.25. The fourth-order valence-corrected chi connectivity index (χ4v) is 3.60. The van der Waals surface area contributed by atoms with Gasteiger partial charge in [0.2, 0.25) is 10.0 Å². The second kappa shape index (κ2) is 7.55. The summed E-state index contributed by atoms with van der Waals surface area (Å²) in [5.74, 6) is 1.79. The Morgan fingerprint density at radius 1 is 1.38 bits per heavy atom. The third-order valence-corrected chi connectivity index (χ3v) is 5.22. The lowest BCUT2D eigenvalue weighted by molar-refractivity contribution is 0.462. The van der Waals surface area contributed by atoms with E-state index in [4.69, 9.17) is 6.42 Å². The van der Waals surface area contributed by atoms with Crippen molar-refractivity contribution in [2.75, 3.05) is 19.6 Å². The summed E-state index contributed by atoms with van der Waals surface area (Å²) in [6, 6.07) is 2.87. The molecule has 1 rings (SSSR count). The average molecular weight is 312 g/mol. The van der Waals surface area contributed by atoms with Crippen LogP contribution in [0.15, 0.2) is 17.0 Å². The molecule has 0 radical (unpaired) electrons. The summed E-state index contributed by atoms with van der Waals surface area (Å²) < 4.78 is 40.3. The molecular weight excluding hydrogens is 291 g/mol. The molecule has 1 aromatic carbocycles. The highest BCUT2D eigenvalue weighted by Gasteiger charge is 2.26. The Morgan fingerprint density at radius 2 is 2.05 bits per heavy atom. The topological polar surface area (TPSA) is 49.4 Å². The van der Waals surface area contributed by atoms with Crippen LogP contribution in [0.1, 0.15) is 25.0 Å². The van der Waals surface area contributed by atoms with Gasteiger partial charge in [0.05, 0.1) is 11.4 Å². The minimum absolute atomic E-state index is 0.0208. The van der Waals surface area contributed by atoms with Gasteiger partial charge in [0.25, 0.3) is 0 Å². The van der Waals surface area contributed by atoms with Crippen molar-refractivity contribution >= 4 is 10.0 Å². The fraction of sp³-hybridized carbons (Fsp3) is 0.467. The molecule has 0 fully saturated rings. The third kappa shape index (κ3) is 4.03. The largest absolute Gasteiger partial charge is 0.313 e. The van der Waals surface area contributed by atoms with Crippen LogP contribution in [0.3, 0.4) is 0 Å². The molecule has 0 saturated carbocycles. The predicted molar refractivity (Wildman–Crippen MR) is 81.8 cm³/mol. The van der Waals surface area contributed by atoms with Gasteiger partial charge in [-0.2, -0.15) is 4.31 Å². The number of nitrogens with zero attached hydrogens (tertiary/aromatic N) is 1. The van der Waals surface area contributed by atoms with Crippen molar-refractivity contribution in [3.8, 4) is 12.3 Å². The number of hydrogen-bond acceptors (Lipinski definition) is 3. The van der Waals surface area contributed by atoms with E-state index in [1.807, 2.05) is 6.92 Å². The molecule has 6 heteroatoms. The first-order valence-electron chi connectivity index (χ1n) is 6.81. The molecular formula is C15H21FN2O2S. The smallest absolute Gasteiger partial charge is 0.244 e. The molecule has 1 aromatic rings. The minimum atomic E-state index is -3.79. The number of halogens is 1. The number of benzene rings is 1. The normalized spacial score (nSPS) is 11.6. The Balaban J connectivity index is 3.33. The van der Waals surface area contributed by atoms with E-state index < -0.39 is 15.8 Å². The van der Waals surface area contributed by atoms with Crippen LogP contribution in [0.4, 0.5) is 4.39 Å². The van der Waals surface area contributed by atoms with Crippen molar-refractivity contribution in [3.63, 3.8) is 0 Å². The molecule has 0 atom stereocenters. The SMILES string of the molecule is C#CCN(CC)S(=O)(=O)c1cc(CNCC)cc(F)c1C. The highest BCUT2D eigenvalue weighted by Crippen LogP contribution is 2.24. The lowest BCUT2D eigenvalue weighted by atomic mass is 10.1. The van der Waals surface area contributed by atoms with Gasteiger partial charge >= 0.3 is 0 Å². The number of sulfonamides is 1. The van der Waals surface area contributed by atoms with Gasteiger partial charge in [-0.15, -0.1) is 6.42 Å². The Labute approximate surface area is 126 Å². The predicted octanol–water partition coefficient (Wildman–Crippen LogP) is 1.89. The van der Waals surface area contributed by atoms with E-state index in [1.54, 1.807) is 6.92 Å². The van der Waals surface area contributed by atoms with E-state index >= 15 is 0 Å². The Kier molecular flexibility index (Phi) is 6.34. The highest BCUT2D eigenvalue weighted by molar-refractivity contribution is 7.89. The van der Waals surface area contributed by atoms with Crippen molar-refractivity contribution in [2.45, 2.75) is 32.2 Å². The summed E-state index contributed by atoms with van der Waals surface area (Å²) in [7, 11) is -3.79. The molecule has 0 spiro atoms. The zero-order valence-electron chi connectivity index (χ0n) is 12.6.